The van der Waals surface area contributed by atoms with Gasteiger partial charge in [0.05, 0.1) is 21.4 Å². The van der Waals surface area contributed by atoms with E-state index >= 15 is 0 Å². The molecule has 0 atom stereocenters. The number of aromatic nitrogens is 2. The summed E-state index contributed by atoms with van der Waals surface area (Å²) in [6.07, 6.45) is 3.76. The van der Waals surface area contributed by atoms with Crippen LogP contribution in [0, 0.1) is 13.8 Å². The predicted molar refractivity (Wildman–Crippen MR) is 76.1 cm³/mol. The highest BCUT2D eigenvalue weighted by Gasteiger charge is 2.10. The average molecular weight is 328 g/mol. The van der Waals surface area contributed by atoms with Crippen molar-refractivity contribution in [3.05, 3.63) is 38.3 Å². The van der Waals surface area contributed by atoms with Gasteiger partial charge in [-0.15, -0.1) is 11.3 Å². The van der Waals surface area contributed by atoms with Crippen LogP contribution >= 0.6 is 27.3 Å². The van der Waals surface area contributed by atoms with Gasteiger partial charge in [-0.2, -0.15) is 5.10 Å². The van der Waals surface area contributed by atoms with E-state index < -0.39 is 0 Å². The Kier molecular flexibility index (Phi) is 4.19. The minimum Gasteiger partial charge on any atom is -0.349 e. The summed E-state index contributed by atoms with van der Waals surface area (Å²) >= 11 is 4.87. The van der Waals surface area contributed by atoms with E-state index in [0.717, 1.165) is 19.8 Å². The lowest BCUT2D eigenvalue weighted by Gasteiger charge is -2.03. The first kappa shape index (κ1) is 13.3. The molecule has 0 fully saturated rings. The van der Waals surface area contributed by atoms with E-state index in [0.29, 0.717) is 13.1 Å². The van der Waals surface area contributed by atoms with Crippen molar-refractivity contribution in [3.63, 3.8) is 0 Å². The molecular formula is C12H14BrN3OS. The Labute approximate surface area is 118 Å². The lowest BCUT2D eigenvalue weighted by atomic mass is 10.3. The van der Waals surface area contributed by atoms with Crippen molar-refractivity contribution < 1.29 is 4.79 Å². The molecule has 0 bridgehead atoms. The molecule has 0 saturated heterocycles. The first-order chi connectivity index (χ1) is 8.56. The van der Waals surface area contributed by atoms with Crippen LogP contribution in [0.5, 0.6) is 0 Å². The molecule has 4 nitrogen and oxygen atoms in total. The number of rotatable bonds is 4. The normalized spacial score (nSPS) is 10.6. The van der Waals surface area contributed by atoms with E-state index in [9.17, 15) is 4.79 Å². The van der Waals surface area contributed by atoms with Gasteiger partial charge in [-0.25, -0.2) is 0 Å². The number of amides is 1. The summed E-state index contributed by atoms with van der Waals surface area (Å²) in [7, 11) is 0. The fraction of sp³-hybridized carbons (Fsp3) is 0.333. The van der Waals surface area contributed by atoms with Gasteiger partial charge in [0, 0.05) is 12.7 Å². The molecule has 96 valence electrons. The topological polar surface area (TPSA) is 46.9 Å². The van der Waals surface area contributed by atoms with E-state index in [-0.39, 0.29) is 5.91 Å². The summed E-state index contributed by atoms with van der Waals surface area (Å²) in [4.78, 5) is 12.6. The van der Waals surface area contributed by atoms with Gasteiger partial charge in [-0.1, -0.05) is 0 Å². The Balaban J connectivity index is 1.85. The molecular weight excluding hydrogens is 314 g/mol. The summed E-state index contributed by atoms with van der Waals surface area (Å²) in [5, 5.41) is 7.05. The maximum Gasteiger partial charge on any atom is 0.261 e. The third kappa shape index (κ3) is 3.20. The van der Waals surface area contributed by atoms with Crippen LogP contribution in [0.15, 0.2) is 22.2 Å². The van der Waals surface area contributed by atoms with Crippen LogP contribution in [0.25, 0.3) is 0 Å². The minimum absolute atomic E-state index is 0.0299. The van der Waals surface area contributed by atoms with Gasteiger partial charge >= 0.3 is 0 Å². The van der Waals surface area contributed by atoms with Crippen LogP contribution in [-0.2, 0) is 6.54 Å². The fourth-order valence-electron chi connectivity index (χ4n) is 1.53. The van der Waals surface area contributed by atoms with Crippen LogP contribution in [0.4, 0.5) is 0 Å². The Hall–Kier alpha value is -1.14. The van der Waals surface area contributed by atoms with E-state index in [1.165, 1.54) is 11.3 Å². The third-order valence-electron chi connectivity index (χ3n) is 2.47. The second-order valence-electron chi connectivity index (χ2n) is 4.10. The Morgan fingerprint density at radius 2 is 2.33 bits per heavy atom. The van der Waals surface area contributed by atoms with Crippen LogP contribution in [0.3, 0.4) is 0 Å². The Bertz CT molecular complexity index is 542. The lowest BCUT2D eigenvalue weighted by molar-refractivity contribution is 0.0956. The summed E-state index contributed by atoms with van der Waals surface area (Å²) in [5.74, 6) is -0.0299. The van der Waals surface area contributed by atoms with Gasteiger partial charge < -0.3 is 5.32 Å². The Morgan fingerprint density at radius 1 is 1.56 bits per heavy atom. The molecule has 2 aromatic rings. The smallest absolute Gasteiger partial charge is 0.261 e. The molecule has 0 radical (unpaired) electrons. The number of carbonyl (C=O) groups excluding carboxylic acids is 1. The molecule has 0 aliphatic heterocycles. The fourth-order valence-corrected chi connectivity index (χ4v) is 2.98. The zero-order chi connectivity index (χ0) is 13.1. The minimum atomic E-state index is -0.0299. The van der Waals surface area contributed by atoms with Gasteiger partial charge in [0.25, 0.3) is 5.91 Å². The molecule has 18 heavy (non-hydrogen) atoms. The SMILES string of the molecule is Cc1cnn(CCNC(=O)c2cc(C)c(Br)s2)c1. The van der Waals surface area contributed by atoms with Gasteiger partial charge in [-0.05, 0) is 47.0 Å². The van der Waals surface area contributed by atoms with Gasteiger partial charge in [-0.3, -0.25) is 9.48 Å². The zero-order valence-electron chi connectivity index (χ0n) is 10.2. The monoisotopic (exact) mass is 327 g/mol. The highest BCUT2D eigenvalue weighted by molar-refractivity contribution is 9.11. The highest BCUT2D eigenvalue weighted by atomic mass is 79.9. The van der Waals surface area contributed by atoms with Crippen LogP contribution in [0.2, 0.25) is 0 Å². The molecule has 6 heteroatoms. The molecule has 2 aromatic heterocycles. The van der Waals surface area contributed by atoms with E-state index in [4.69, 9.17) is 0 Å². The van der Waals surface area contributed by atoms with Crippen molar-refractivity contribution in [1.82, 2.24) is 15.1 Å². The lowest BCUT2D eigenvalue weighted by Crippen LogP contribution is -2.26. The molecule has 0 saturated carbocycles. The van der Waals surface area contributed by atoms with Crippen molar-refractivity contribution >= 4 is 33.2 Å². The molecule has 2 rings (SSSR count). The number of carbonyl (C=O) groups is 1. The van der Waals surface area contributed by atoms with Crippen LogP contribution in [0.1, 0.15) is 20.8 Å². The first-order valence-corrected chi connectivity index (χ1v) is 7.20. The summed E-state index contributed by atoms with van der Waals surface area (Å²) in [6, 6.07) is 1.89. The number of thiophene rings is 1. The molecule has 0 aromatic carbocycles. The average Bonchev–Trinajstić information content (AvgIpc) is 2.87. The van der Waals surface area contributed by atoms with Gasteiger partial charge in [0.2, 0.25) is 0 Å². The van der Waals surface area contributed by atoms with Gasteiger partial charge in [0.1, 0.15) is 0 Å². The van der Waals surface area contributed by atoms with Crippen LogP contribution < -0.4 is 5.32 Å². The number of nitrogens with one attached hydrogen (secondary N) is 1. The number of nitrogens with zero attached hydrogens (tertiary/aromatic N) is 2. The molecule has 0 aliphatic carbocycles. The van der Waals surface area contributed by atoms with Crippen molar-refractivity contribution in [2.75, 3.05) is 6.54 Å². The zero-order valence-corrected chi connectivity index (χ0v) is 12.6. The Morgan fingerprint density at radius 3 is 2.89 bits per heavy atom. The second kappa shape index (κ2) is 5.67. The summed E-state index contributed by atoms with van der Waals surface area (Å²) in [6.45, 7) is 5.23. The summed E-state index contributed by atoms with van der Waals surface area (Å²) < 4.78 is 2.83. The number of hydrogen-bond donors (Lipinski definition) is 1. The van der Waals surface area contributed by atoms with E-state index in [1.54, 1.807) is 0 Å². The molecule has 1 N–H and O–H groups in total. The molecule has 0 aliphatic rings. The predicted octanol–water partition coefficient (Wildman–Crippen LogP) is 2.75. The standard InChI is InChI=1S/C12H14BrN3OS/c1-8-6-15-16(7-8)4-3-14-12(17)10-5-9(2)11(13)18-10/h5-7H,3-4H2,1-2H3,(H,14,17). The maximum absolute atomic E-state index is 11.9. The number of hydrogen-bond acceptors (Lipinski definition) is 3. The molecule has 1 amide bonds. The first-order valence-electron chi connectivity index (χ1n) is 5.59. The van der Waals surface area contributed by atoms with E-state index in [2.05, 4.69) is 26.3 Å². The molecule has 2 heterocycles. The van der Waals surface area contributed by atoms with Crippen molar-refractivity contribution in [2.24, 2.45) is 0 Å². The van der Waals surface area contributed by atoms with Crippen molar-refractivity contribution in [2.45, 2.75) is 20.4 Å². The summed E-state index contributed by atoms with van der Waals surface area (Å²) in [5.41, 5.74) is 2.21. The molecule has 0 spiro atoms. The van der Waals surface area contributed by atoms with E-state index in [1.807, 2.05) is 37.0 Å². The molecule has 0 unspecified atom stereocenters. The third-order valence-corrected chi connectivity index (χ3v) is 4.61. The van der Waals surface area contributed by atoms with Crippen molar-refractivity contribution in [1.29, 1.82) is 0 Å². The number of aryl methyl sites for hydroxylation is 2. The van der Waals surface area contributed by atoms with Crippen LogP contribution in [-0.4, -0.2) is 22.2 Å². The highest BCUT2D eigenvalue weighted by Crippen LogP contribution is 2.27. The van der Waals surface area contributed by atoms with Gasteiger partial charge in [0.15, 0.2) is 0 Å². The maximum atomic E-state index is 11.9. The number of halogens is 1. The quantitative estimate of drug-likeness (QED) is 0.938. The largest absolute Gasteiger partial charge is 0.349 e. The second-order valence-corrected chi connectivity index (χ2v) is 6.47. The van der Waals surface area contributed by atoms with Crippen molar-refractivity contribution in [3.8, 4) is 0 Å².